The molecule has 116 valence electrons. The molecule has 0 bridgehead atoms. The minimum absolute atomic E-state index is 0.142. The maximum atomic E-state index is 9.57. The van der Waals surface area contributed by atoms with Crippen LogP contribution in [0.3, 0.4) is 0 Å². The number of nitrogens with one attached hydrogen (secondary N) is 2. The lowest BCUT2D eigenvalue weighted by atomic mass is 10.1. The third-order valence-electron chi connectivity index (χ3n) is 3.89. The first-order valence-corrected chi connectivity index (χ1v) is 7.54. The molecule has 0 radical (unpaired) electrons. The molecule has 1 aliphatic rings. The van der Waals surface area contributed by atoms with Gasteiger partial charge in [0.2, 0.25) is 0 Å². The summed E-state index contributed by atoms with van der Waals surface area (Å²) in [5.41, 5.74) is 2.18. The monoisotopic (exact) mass is 299 g/mol. The molecule has 1 aliphatic heterocycles. The highest BCUT2D eigenvalue weighted by Crippen LogP contribution is 2.23. The topological polar surface area (TPSA) is 73.3 Å². The Kier molecular flexibility index (Phi) is 4.39. The van der Waals surface area contributed by atoms with Crippen LogP contribution in [0, 0.1) is 0 Å². The third-order valence-corrected chi connectivity index (χ3v) is 3.89. The van der Waals surface area contributed by atoms with E-state index in [-0.39, 0.29) is 6.10 Å². The second kappa shape index (κ2) is 6.62. The zero-order valence-electron chi connectivity index (χ0n) is 12.7. The van der Waals surface area contributed by atoms with Gasteiger partial charge in [0.25, 0.3) is 0 Å². The predicted octanol–water partition coefficient (Wildman–Crippen LogP) is 2.22. The van der Waals surface area contributed by atoms with E-state index in [4.69, 9.17) is 0 Å². The van der Waals surface area contributed by atoms with Crippen molar-refractivity contribution in [2.75, 3.05) is 35.7 Å². The van der Waals surface area contributed by atoms with Gasteiger partial charge >= 0.3 is 0 Å². The van der Waals surface area contributed by atoms with Gasteiger partial charge in [-0.3, -0.25) is 0 Å². The minimum atomic E-state index is -0.142. The standard InChI is InChI=1S/C16H21N5O/c1-17-15-10-16(19-11-18-15)20-12-2-4-13(5-3-12)21-8-6-14(22)7-9-21/h2-5,10-11,14,22H,6-9H2,1H3,(H2,17,18,19,20). The van der Waals surface area contributed by atoms with E-state index in [0.717, 1.165) is 43.3 Å². The fourth-order valence-corrected chi connectivity index (χ4v) is 2.59. The van der Waals surface area contributed by atoms with E-state index in [9.17, 15) is 5.11 Å². The highest BCUT2D eigenvalue weighted by molar-refractivity contribution is 5.62. The Hall–Kier alpha value is -2.34. The van der Waals surface area contributed by atoms with Crippen molar-refractivity contribution >= 4 is 23.0 Å². The van der Waals surface area contributed by atoms with E-state index in [1.807, 2.05) is 25.2 Å². The summed E-state index contributed by atoms with van der Waals surface area (Å²) in [6.45, 7) is 1.82. The highest BCUT2D eigenvalue weighted by atomic mass is 16.3. The minimum Gasteiger partial charge on any atom is -0.393 e. The quantitative estimate of drug-likeness (QED) is 0.804. The summed E-state index contributed by atoms with van der Waals surface area (Å²) in [4.78, 5) is 10.6. The van der Waals surface area contributed by atoms with Crippen LogP contribution in [-0.2, 0) is 0 Å². The van der Waals surface area contributed by atoms with Crippen LogP contribution in [0.25, 0.3) is 0 Å². The molecule has 0 aliphatic carbocycles. The summed E-state index contributed by atoms with van der Waals surface area (Å²) >= 11 is 0. The molecule has 0 saturated carbocycles. The molecular formula is C16H21N5O. The number of hydrogen-bond donors (Lipinski definition) is 3. The molecule has 3 rings (SSSR count). The van der Waals surface area contributed by atoms with E-state index in [2.05, 4.69) is 37.6 Å². The van der Waals surface area contributed by atoms with Gasteiger partial charge in [-0.1, -0.05) is 0 Å². The number of nitrogens with zero attached hydrogens (tertiary/aromatic N) is 3. The number of hydrogen-bond acceptors (Lipinski definition) is 6. The van der Waals surface area contributed by atoms with Crippen molar-refractivity contribution in [3.05, 3.63) is 36.7 Å². The molecule has 1 saturated heterocycles. The summed E-state index contributed by atoms with van der Waals surface area (Å²) in [5, 5.41) is 15.8. The number of piperidine rings is 1. The van der Waals surface area contributed by atoms with Crippen LogP contribution in [0.15, 0.2) is 36.7 Å². The lowest BCUT2D eigenvalue weighted by Crippen LogP contribution is -2.35. The Morgan fingerprint density at radius 2 is 1.77 bits per heavy atom. The molecule has 1 aromatic carbocycles. The number of aliphatic hydroxyl groups is 1. The zero-order chi connectivity index (χ0) is 15.4. The molecule has 1 fully saturated rings. The third kappa shape index (κ3) is 3.46. The van der Waals surface area contributed by atoms with Crippen molar-refractivity contribution in [2.24, 2.45) is 0 Å². The fraction of sp³-hybridized carbons (Fsp3) is 0.375. The number of aliphatic hydroxyl groups excluding tert-OH is 1. The second-order valence-electron chi connectivity index (χ2n) is 5.43. The van der Waals surface area contributed by atoms with Crippen LogP contribution in [0.5, 0.6) is 0 Å². The molecule has 0 atom stereocenters. The molecule has 2 heterocycles. The molecule has 3 N–H and O–H groups in total. The summed E-state index contributed by atoms with van der Waals surface area (Å²) < 4.78 is 0. The fourth-order valence-electron chi connectivity index (χ4n) is 2.59. The second-order valence-corrected chi connectivity index (χ2v) is 5.43. The van der Waals surface area contributed by atoms with Crippen LogP contribution in [0.1, 0.15) is 12.8 Å². The van der Waals surface area contributed by atoms with Gasteiger partial charge in [0.15, 0.2) is 0 Å². The van der Waals surface area contributed by atoms with Crippen LogP contribution in [0.4, 0.5) is 23.0 Å². The van der Waals surface area contributed by atoms with E-state index in [1.165, 1.54) is 12.0 Å². The van der Waals surface area contributed by atoms with Crippen LogP contribution >= 0.6 is 0 Å². The van der Waals surface area contributed by atoms with Crippen molar-refractivity contribution in [1.82, 2.24) is 9.97 Å². The van der Waals surface area contributed by atoms with Gasteiger partial charge in [-0.05, 0) is 37.1 Å². The van der Waals surface area contributed by atoms with Crippen molar-refractivity contribution in [3.63, 3.8) is 0 Å². The average Bonchev–Trinajstić information content (AvgIpc) is 2.57. The molecule has 1 aromatic heterocycles. The normalized spacial score (nSPS) is 15.6. The number of aromatic nitrogens is 2. The zero-order valence-corrected chi connectivity index (χ0v) is 12.7. The van der Waals surface area contributed by atoms with Crippen LogP contribution in [0.2, 0.25) is 0 Å². The van der Waals surface area contributed by atoms with E-state index in [0.29, 0.717) is 0 Å². The maximum Gasteiger partial charge on any atom is 0.135 e. The Morgan fingerprint density at radius 1 is 1.09 bits per heavy atom. The van der Waals surface area contributed by atoms with Gasteiger partial charge in [-0.15, -0.1) is 0 Å². The van der Waals surface area contributed by atoms with E-state index < -0.39 is 0 Å². The van der Waals surface area contributed by atoms with Crippen molar-refractivity contribution in [2.45, 2.75) is 18.9 Å². The van der Waals surface area contributed by atoms with Crippen LogP contribution < -0.4 is 15.5 Å². The highest BCUT2D eigenvalue weighted by Gasteiger charge is 2.16. The molecule has 0 spiro atoms. The average molecular weight is 299 g/mol. The van der Waals surface area contributed by atoms with Gasteiger partial charge in [0, 0.05) is 37.6 Å². The predicted molar refractivity (Wildman–Crippen MR) is 88.8 cm³/mol. The Morgan fingerprint density at radius 3 is 2.45 bits per heavy atom. The molecule has 2 aromatic rings. The molecular weight excluding hydrogens is 278 g/mol. The number of benzene rings is 1. The first-order valence-electron chi connectivity index (χ1n) is 7.54. The SMILES string of the molecule is CNc1cc(Nc2ccc(N3CCC(O)CC3)cc2)ncn1. The van der Waals surface area contributed by atoms with Gasteiger partial charge in [-0.25, -0.2) is 9.97 Å². The lowest BCUT2D eigenvalue weighted by molar-refractivity contribution is 0.145. The Balaban J connectivity index is 1.66. The first kappa shape index (κ1) is 14.6. The van der Waals surface area contributed by atoms with Gasteiger partial charge in [0.1, 0.15) is 18.0 Å². The number of anilines is 4. The molecule has 6 nitrogen and oxygen atoms in total. The summed E-state index contributed by atoms with van der Waals surface area (Å²) in [6, 6.07) is 10.1. The van der Waals surface area contributed by atoms with Crippen molar-refractivity contribution in [1.29, 1.82) is 0 Å². The van der Waals surface area contributed by atoms with Crippen LogP contribution in [-0.4, -0.2) is 41.3 Å². The van der Waals surface area contributed by atoms with Gasteiger partial charge < -0.3 is 20.6 Å². The van der Waals surface area contributed by atoms with Gasteiger partial charge in [-0.2, -0.15) is 0 Å². The van der Waals surface area contributed by atoms with E-state index in [1.54, 1.807) is 0 Å². The first-order chi connectivity index (χ1) is 10.7. The smallest absolute Gasteiger partial charge is 0.135 e. The summed E-state index contributed by atoms with van der Waals surface area (Å²) in [6.07, 6.45) is 3.07. The molecule has 22 heavy (non-hydrogen) atoms. The summed E-state index contributed by atoms with van der Waals surface area (Å²) in [7, 11) is 1.83. The van der Waals surface area contributed by atoms with Crippen molar-refractivity contribution in [3.8, 4) is 0 Å². The molecule has 0 amide bonds. The maximum absolute atomic E-state index is 9.57. The summed E-state index contributed by atoms with van der Waals surface area (Å²) in [5.74, 6) is 1.54. The Labute approximate surface area is 130 Å². The van der Waals surface area contributed by atoms with Crippen molar-refractivity contribution < 1.29 is 5.11 Å². The molecule has 6 heteroatoms. The molecule has 0 unspecified atom stereocenters. The van der Waals surface area contributed by atoms with Gasteiger partial charge in [0.05, 0.1) is 6.10 Å². The van der Waals surface area contributed by atoms with E-state index >= 15 is 0 Å². The largest absolute Gasteiger partial charge is 0.393 e. The lowest BCUT2D eigenvalue weighted by Gasteiger charge is -2.31. The number of rotatable bonds is 4. The Bertz CT molecular complexity index is 608.